The number of hydrogen-bond donors (Lipinski definition) is 1. The topological polar surface area (TPSA) is 50.4 Å². The Morgan fingerprint density at radius 2 is 2.12 bits per heavy atom. The number of benzene rings is 1. The van der Waals surface area contributed by atoms with Crippen molar-refractivity contribution < 1.29 is 5.21 Å². The average Bonchev–Trinajstić information content (AvgIpc) is 2.79. The minimum atomic E-state index is 0.681. The van der Waals surface area contributed by atoms with E-state index < -0.39 is 0 Å². The van der Waals surface area contributed by atoms with Crippen molar-refractivity contribution in [3.63, 3.8) is 0 Å². The van der Waals surface area contributed by atoms with Crippen LogP contribution in [0, 0.1) is 0 Å². The second-order valence-corrected chi connectivity index (χ2v) is 3.81. The number of nitrogens with zero attached hydrogens (tertiary/aromatic N) is 3. The maximum Gasteiger partial charge on any atom is 0.154 e. The summed E-state index contributed by atoms with van der Waals surface area (Å²) in [6, 6.07) is 10.4. The summed E-state index contributed by atoms with van der Waals surface area (Å²) in [5.74, 6) is 0.681. The number of aryl methyl sites for hydroxylation is 2. The predicted octanol–water partition coefficient (Wildman–Crippen LogP) is 2.32. The summed E-state index contributed by atoms with van der Waals surface area (Å²) in [6.45, 7) is 0.871. The number of oxime groups is 1. The summed E-state index contributed by atoms with van der Waals surface area (Å²) in [6.07, 6.45) is 7.02. The second kappa shape index (κ2) is 5.84. The quantitative estimate of drug-likeness (QED) is 0.486. The molecular formula is C13H15N3O. The van der Waals surface area contributed by atoms with Crippen LogP contribution in [0.15, 0.2) is 47.9 Å². The van der Waals surface area contributed by atoms with E-state index in [1.54, 1.807) is 6.20 Å². The van der Waals surface area contributed by atoms with Crippen molar-refractivity contribution in [3.8, 4) is 0 Å². The molecule has 0 saturated heterocycles. The van der Waals surface area contributed by atoms with Gasteiger partial charge in [-0.1, -0.05) is 35.5 Å². The lowest BCUT2D eigenvalue weighted by atomic mass is 10.1. The van der Waals surface area contributed by atoms with Crippen molar-refractivity contribution in [1.29, 1.82) is 0 Å². The summed E-state index contributed by atoms with van der Waals surface area (Å²) < 4.78 is 1.97. The molecule has 0 unspecified atom stereocenters. The highest BCUT2D eigenvalue weighted by Gasteiger charge is 1.99. The molecule has 17 heavy (non-hydrogen) atoms. The highest BCUT2D eigenvalue weighted by molar-refractivity contribution is 5.74. The maximum absolute atomic E-state index is 8.48. The molecule has 0 bridgehead atoms. The largest absolute Gasteiger partial charge is 0.411 e. The third kappa shape index (κ3) is 3.17. The van der Waals surface area contributed by atoms with E-state index in [4.69, 9.17) is 5.21 Å². The number of rotatable bonds is 5. The Morgan fingerprint density at radius 3 is 2.88 bits per heavy atom. The maximum atomic E-state index is 8.48. The van der Waals surface area contributed by atoms with Gasteiger partial charge in [-0.05, 0) is 18.4 Å². The molecule has 2 rings (SSSR count). The van der Waals surface area contributed by atoms with Gasteiger partial charge in [0, 0.05) is 18.9 Å². The molecule has 88 valence electrons. The van der Waals surface area contributed by atoms with Crippen molar-refractivity contribution >= 4 is 6.21 Å². The average molecular weight is 229 g/mol. The van der Waals surface area contributed by atoms with E-state index >= 15 is 0 Å². The van der Waals surface area contributed by atoms with Crippen LogP contribution in [-0.2, 0) is 13.0 Å². The molecule has 0 fully saturated rings. The Labute approximate surface area is 100 Å². The third-order valence-corrected chi connectivity index (χ3v) is 2.63. The van der Waals surface area contributed by atoms with Crippen LogP contribution in [-0.4, -0.2) is 21.0 Å². The predicted molar refractivity (Wildman–Crippen MR) is 66.4 cm³/mol. The van der Waals surface area contributed by atoms with Gasteiger partial charge in [0.05, 0.1) is 0 Å². The monoisotopic (exact) mass is 229 g/mol. The molecule has 0 atom stereocenters. The zero-order valence-electron chi connectivity index (χ0n) is 9.53. The SMILES string of the molecule is O/N=C\c1nccn1CCCc1ccccc1. The Kier molecular flexibility index (Phi) is 3.91. The fraction of sp³-hybridized carbons (Fsp3) is 0.231. The molecule has 4 heteroatoms. The fourth-order valence-corrected chi connectivity index (χ4v) is 1.79. The minimum absolute atomic E-state index is 0.681. The molecule has 2 aromatic rings. The molecule has 1 aromatic carbocycles. The zero-order valence-corrected chi connectivity index (χ0v) is 9.53. The molecule has 1 N–H and O–H groups in total. The van der Waals surface area contributed by atoms with Gasteiger partial charge >= 0.3 is 0 Å². The van der Waals surface area contributed by atoms with Gasteiger partial charge < -0.3 is 9.77 Å². The summed E-state index contributed by atoms with van der Waals surface area (Å²) in [5, 5.41) is 11.5. The number of aromatic nitrogens is 2. The van der Waals surface area contributed by atoms with Crippen molar-refractivity contribution in [2.45, 2.75) is 19.4 Å². The Morgan fingerprint density at radius 1 is 1.29 bits per heavy atom. The van der Waals surface area contributed by atoms with Crippen LogP contribution in [0.2, 0.25) is 0 Å². The Bertz CT molecular complexity index is 476. The molecule has 4 nitrogen and oxygen atoms in total. The molecule has 0 radical (unpaired) electrons. The van der Waals surface area contributed by atoms with E-state index in [9.17, 15) is 0 Å². The Balaban J connectivity index is 1.88. The molecule has 1 heterocycles. The zero-order chi connectivity index (χ0) is 11.9. The third-order valence-electron chi connectivity index (χ3n) is 2.63. The van der Waals surface area contributed by atoms with Crippen LogP contribution in [0.1, 0.15) is 17.8 Å². The normalized spacial score (nSPS) is 11.1. The van der Waals surface area contributed by atoms with Gasteiger partial charge in [0.1, 0.15) is 6.21 Å². The number of imidazole rings is 1. The first-order chi connectivity index (χ1) is 8.40. The molecule has 0 aliphatic rings. The first-order valence-electron chi connectivity index (χ1n) is 5.62. The van der Waals surface area contributed by atoms with Crippen molar-refractivity contribution in [2.24, 2.45) is 5.16 Å². The van der Waals surface area contributed by atoms with Crippen molar-refractivity contribution in [3.05, 3.63) is 54.1 Å². The van der Waals surface area contributed by atoms with E-state index in [1.807, 2.05) is 16.8 Å². The number of hydrogen-bond acceptors (Lipinski definition) is 3. The molecule has 0 saturated carbocycles. The van der Waals surface area contributed by atoms with Crippen LogP contribution >= 0.6 is 0 Å². The van der Waals surface area contributed by atoms with Gasteiger partial charge in [-0.15, -0.1) is 0 Å². The lowest BCUT2D eigenvalue weighted by Gasteiger charge is -2.04. The Hall–Kier alpha value is -2.10. The van der Waals surface area contributed by atoms with Crippen molar-refractivity contribution in [2.75, 3.05) is 0 Å². The fourth-order valence-electron chi connectivity index (χ4n) is 1.79. The molecule has 0 spiro atoms. The van der Waals surface area contributed by atoms with Gasteiger partial charge in [-0.3, -0.25) is 0 Å². The molecule has 0 aliphatic carbocycles. The van der Waals surface area contributed by atoms with E-state index in [-0.39, 0.29) is 0 Å². The molecule has 0 amide bonds. The first-order valence-corrected chi connectivity index (χ1v) is 5.62. The van der Waals surface area contributed by atoms with E-state index in [1.165, 1.54) is 11.8 Å². The molecule has 1 aromatic heterocycles. The standard InChI is InChI=1S/C13H15N3O/c17-15-11-13-14-8-10-16(13)9-4-7-12-5-2-1-3-6-12/h1-3,5-6,8,10-11,17H,4,7,9H2/b15-11-. The van der Waals surface area contributed by atoms with E-state index in [0.29, 0.717) is 5.82 Å². The van der Waals surface area contributed by atoms with Crippen LogP contribution in [0.4, 0.5) is 0 Å². The highest BCUT2D eigenvalue weighted by atomic mass is 16.4. The lowest BCUT2D eigenvalue weighted by Crippen LogP contribution is -2.03. The van der Waals surface area contributed by atoms with E-state index in [2.05, 4.69) is 34.4 Å². The van der Waals surface area contributed by atoms with Crippen molar-refractivity contribution in [1.82, 2.24) is 9.55 Å². The first kappa shape index (κ1) is 11.4. The second-order valence-electron chi connectivity index (χ2n) is 3.81. The van der Waals surface area contributed by atoms with Gasteiger partial charge in [0.2, 0.25) is 0 Å². The minimum Gasteiger partial charge on any atom is -0.411 e. The van der Waals surface area contributed by atoms with Gasteiger partial charge in [0.25, 0.3) is 0 Å². The van der Waals surface area contributed by atoms with Gasteiger partial charge in [-0.2, -0.15) is 0 Å². The van der Waals surface area contributed by atoms with E-state index in [0.717, 1.165) is 19.4 Å². The van der Waals surface area contributed by atoms with Crippen LogP contribution < -0.4 is 0 Å². The lowest BCUT2D eigenvalue weighted by molar-refractivity contribution is 0.321. The van der Waals surface area contributed by atoms with Gasteiger partial charge in [0.15, 0.2) is 5.82 Å². The smallest absolute Gasteiger partial charge is 0.154 e. The summed E-state index contributed by atoms with van der Waals surface area (Å²) in [7, 11) is 0. The summed E-state index contributed by atoms with van der Waals surface area (Å²) in [4.78, 5) is 4.09. The summed E-state index contributed by atoms with van der Waals surface area (Å²) in [5.41, 5.74) is 1.34. The van der Waals surface area contributed by atoms with Crippen LogP contribution in [0.3, 0.4) is 0 Å². The summed E-state index contributed by atoms with van der Waals surface area (Å²) >= 11 is 0. The van der Waals surface area contributed by atoms with Gasteiger partial charge in [-0.25, -0.2) is 4.98 Å². The molecular weight excluding hydrogens is 214 g/mol. The molecule has 0 aliphatic heterocycles. The van der Waals surface area contributed by atoms with Crippen LogP contribution in [0.25, 0.3) is 0 Å². The van der Waals surface area contributed by atoms with Crippen LogP contribution in [0.5, 0.6) is 0 Å². The highest BCUT2D eigenvalue weighted by Crippen LogP contribution is 2.05.